The van der Waals surface area contributed by atoms with Gasteiger partial charge in [0.1, 0.15) is 5.82 Å². The summed E-state index contributed by atoms with van der Waals surface area (Å²) in [6.45, 7) is 3.22. The van der Waals surface area contributed by atoms with E-state index < -0.39 is 6.04 Å². The Morgan fingerprint density at radius 1 is 1.31 bits per heavy atom. The van der Waals surface area contributed by atoms with E-state index in [1.807, 2.05) is 6.92 Å². The van der Waals surface area contributed by atoms with Crippen molar-refractivity contribution in [3.8, 4) is 5.88 Å². The van der Waals surface area contributed by atoms with E-state index in [1.165, 1.54) is 21.9 Å². The van der Waals surface area contributed by atoms with Gasteiger partial charge in [0.15, 0.2) is 5.82 Å². The molecule has 3 heterocycles. The summed E-state index contributed by atoms with van der Waals surface area (Å²) in [7, 11) is 0. The van der Waals surface area contributed by atoms with Crippen LogP contribution in [0.4, 0.5) is 4.39 Å². The molecule has 1 saturated heterocycles. The molecule has 0 amide bonds. The van der Waals surface area contributed by atoms with Crippen LogP contribution in [0, 0.1) is 5.82 Å². The summed E-state index contributed by atoms with van der Waals surface area (Å²) in [6, 6.07) is 6.21. The third-order valence-electron chi connectivity index (χ3n) is 4.87. The predicted octanol–water partition coefficient (Wildman–Crippen LogP) is 2.74. The molecule has 0 aliphatic carbocycles. The van der Waals surface area contributed by atoms with E-state index in [-0.39, 0.29) is 17.8 Å². The number of thiazole rings is 1. The molecule has 1 atom stereocenters. The first kappa shape index (κ1) is 17.4. The number of benzene rings is 1. The quantitative estimate of drug-likeness (QED) is 0.732. The van der Waals surface area contributed by atoms with Crippen LogP contribution in [0.15, 0.2) is 24.3 Å². The van der Waals surface area contributed by atoms with Crippen molar-refractivity contribution in [2.24, 2.45) is 0 Å². The van der Waals surface area contributed by atoms with Crippen molar-refractivity contribution in [2.45, 2.75) is 38.3 Å². The number of aromatic nitrogens is 3. The summed E-state index contributed by atoms with van der Waals surface area (Å²) in [5, 5.41) is 24.9. The minimum Gasteiger partial charge on any atom is -0.492 e. The average molecular weight is 376 g/mol. The molecule has 138 valence electrons. The fraction of sp³-hybridized carbons (Fsp3) is 0.444. The summed E-state index contributed by atoms with van der Waals surface area (Å²) in [5.41, 5.74) is 0.513. The maximum atomic E-state index is 14.6. The number of halogens is 1. The van der Waals surface area contributed by atoms with E-state index in [9.17, 15) is 14.6 Å². The summed E-state index contributed by atoms with van der Waals surface area (Å²) in [6.07, 6.45) is 1.62. The summed E-state index contributed by atoms with van der Waals surface area (Å²) < 4.78 is 16.0. The predicted molar refractivity (Wildman–Crippen MR) is 97.0 cm³/mol. The molecule has 1 fully saturated rings. The van der Waals surface area contributed by atoms with Crippen molar-refractivity contribution in [3.05, 3.63) is 46.3 Å². The molecule has 4 rings (SSSR count). The molecule has 2 aromatic heterocycles. The standard InChI is InChI=1S/C18H21FN4O2S/c1-2-14-20-18-23(21-14)17(25)16(26-18)15(12-5-3-4-6-13(12)19)22-9-7-11(24)8-10-22/h3-6,11,15,24-25H,2,7-10H2,1H3/t15-/m1/s1. The lowest BCUT2D eigenvalue weighted by atomic mass is 9.99. The second kappa shape index (κ2) is 6.94. The van der Waals surface area contributed by atoms with Gasteiger partial charge in [-0.25, -0.2) is 9.37 Å². The lowest BCUT2D eigenvalue weighted by Crippen LogP contribution is -2.39. The fourth-order valence-electron chi connectivity index (χ4n) is 3.46. The van der Waals surface area contributed by atoms with Crippen molar-refractivity contribution < 1.29 is 14.6 Å². The molecule has 3 aromatic rings. The van der Waals surface area contributed by atoms with E-state index in [0.29, 0.717) is 53.6 Å². The Balaban J connectivity index is 1.81. The monoisotopic (exact) mass is 376 g/mol. The molecule has 0 radical (unpaired) electrons. The van der Waals surface area contributed by atoms with Gasteiger partial charge in [0, 0.05) is 25.1 Å². The molecule has 0 unspecified atom stereocenters. The molecule has 8 heteroatoms. The number of aliphatic hydroxyl groups is 1. The van der Waals surface area contributed by atoms with Crippen molar-refractivity contribution in [3.63, 3.8) is 0 Å². The zero-order valence-electron chi connectivity index (χ0n) is 14.5. The van der Waals surface area contributed by atoms with E-state index in [2.05, 4.69) is 15.0 Å². The van der Waals surface area contributed by atoms with Gasteiger partial charge in [-0.05, 0) is 18.9 Å². The van der Waals surface area contributed by atoms with Crippen LogP contribution in [0.1, 0.15) is 42.1 Å². The second-order valence-electron chi connectivity index (χ2n) is 6.56. The molecule has 26 heavy (non-hydrogen) atoms. The Kier molecular flexibility index (Phi) is 4.64. The highest BCUT2D eigenvalue weighted by atomic mass is 32.1. The van der Waals surface area contributed by atoms with E-state index in [4.69, 9.17) is 0 Å². The Morgan fingerprint density at radius 3 is 2.69 bits per heavy atom. The summed E-state index contributed by atoms with van der Waals surface area (Å²) >= 11 is 1.33. The molecule has 1 aliphatic rings. The van der Waals surface area contributed by atoms with Gasteiger partial charge in [0.05, 0.1) is 17.0 Å². The first-order chi connectivity index (χ1) is 12.6. The number of rotatable bonds is 4. The topological polar surface area (TPSA) is 73.9 Å². The van der Waals surface area contributed by atoms with Gasteiger partial charge in [-0.2, -0.15) is 4.52 Å². The minimum atomic E-state index is -0.428. The molecular formula is C18H21FN4O2S. The smallest absolute Gasteiger partial charge is 0.230 e. The number of aliphatic hydroxyl groups excluding tert-OH is 1. The van der Waals surface area contributed by atoms with E-state index >= 15 is 0 Å². The zero-order valence-corrected chi connectivity index (χ0v) is 15.3. The highest BCUT2D eigenvalue weighted by molar-refractivity contribution is 7.17. The van der Waals surface area contributed by atoms with Gasteiger partial charge < -0.3 is 10.2 Å². The van der Waals surface area contributed by atoms with Crippen molar-refractivity contribution in [1.82, 2.24) is 19.5 Å². The van der Waals surface area contributed by atoms with Crippen LogP contribution in [-0.4, -0.2) is 48.9 Å². The largest absolute Gasteiger partial charge is 0.492 e. The maximum absolute atomic E-state index is 14.6. The highest BCUT2D eigenvalue weighted by Crippen LogP contribution is 2.41. The number of nitrogens with zero attached hydrogens (tertiary/aromatic N) is 4. The Hall–Kier alpha value is -2.03. The summed E-state index contributed by atoms with van der Waals surface area (Å²) in [4.78, 5) is 7.77. The molecule has 1 aliphatic heterocycles. The van der Waals surface area contributed by atoms with E-state index in [1.54, 1.807) is 18.2 Å². The van der Waals surface area contributed by atoms with Crippen molar-refractivity contribution in [1.29, 1.82) is 0 Å². The highest BCUT2D eigenvalue weighted by Gasteiger charge is 2.33. The number of aromatic hydroxyl groups is 1. The van der Waals surface area contributed by atoms with Gasteiger partial charge >= 0.3 is 0 Å². The van der Waals surface area contributed by atoms with Crippen LogP contribution in [0.2, 0.25) is 0 Å². The molecule has 1 aromatic carbocycles. The number of hydrogen-bond acceptors (Lipinski definition) is 6. The SMILES string of the molecule is CCc1nc2sc([C@@H](c3ccccc3F)N3CCC(O)CC3)c(O)n2n1. The normalized spacial score (nSPS) is 17.8. The Morgan fingerprint density at radius 2 is 2.04 bits per heavy atom. The summed E-state index contributed by atoms with van der Waals surface area (Å²) in [5.74, 6) is 0.370. The lowest BCUT2D eigenvalue weighted by Gasteiger charge is -2.36. The number of aryl methyl sites for hydroxylation is 1. The number of likely N-dealkylation sites (tertiary alicyclic amines) is 1. The van der Waals surface area contributed by atoms with Crippen LogP contribution in [-0.2, 0) is 6.42 Å². The van der Waals surface area contributed by atoms with Gasteiger partial charge in [-0.3, -0.25) is 4.90 Å². The molecule has 0 bridgehead atoms. The first-order valence-corrected chi connectivity index (χ1v) is 9.64. The molecule has 6 nitrogen and oxygen atoms in total. The van der Waals surface area contributed by atoms with Crippen molar-refractivity contribution in [2.75, 3.05) is 13.1 Å². The number of piperidine rings is 1. The van der Waals surface area contributed by atoms with Crippen LogP contribution in [0.25, 0.3) is 4.96 Å². The van der Waals surface area contributed by atoms with Crippen LogP contribution in [0.3, 0.4) is 0 Å². The van der Waals surface area contributed by atoms with Crippen LogP contribution in [0.5, 0.6) is 5.88 Å². The fourth-order valence-corrected chi connectivity index (χ4v) is 4.59. The third-order valence-corrected chi connectivity index (χ3v) is 5.94. The van der Waals surface area contributed by atoms with Gasteiger partial charge in [-0.1, -0.05) is 36.5 Å². The first-order valence-electron chi connectivity index (χ1n) is 8.82. The number of fused-ring (bicyclic) bond motifs is 1. The zero-order chi connectivity index (χ0) is 18.3. The van der Waals surface area contributed by atoms with Crippen LogP contribution < -0.4 is 0 Å². The Bertz CT molecular complexity index is 917. The number of hydrogen-bond donors (Lipinski definition) is 2. The second-order valence-corrected chi connectivity index (χ2v) is 7.57. The van der Waals surface area contributed by atoms with Crippen LogP contribution >= 0.6 is 11.3 Å². The third kappa shape index (κ3) is 2.98. The minimum absolute atomic E-state index is 0.0107. The van der Waals surface area contributed by atoms with Crippen molar-refractivity contribution >= 4 is 16.3 Å². The van der Waals surface area contributed by atoms with Gasteiger partial charge in [-0.15, -0.1) is 5.10 Å². The Labute approximate surface area is 154 Å². The molecule has 2 N–H and O–H groups in total. The van der Waals surface area contributed by atoms with E-state index in [0.717, 1.165) is 0 Å². The lowest BCUT2D eigenvalue weighted by molar-refractivity contribution is 0.0683. The van der Waals surface area contributed by atoms with Gasteiger partial charge in [0.2, 0.25) is 10.8 Å². The maximum Gasteiger partial charge on any atom is 0.230 e. The molecule has 0 saturated carbocycles. The molecular weight excluding hydrogens is 355 g/mol. The van der Waals surface area contributed by atoms with Gasteiger partial charge in [0.25, 0.3) is 0 Å². The molecule has 0 spiro atoms. The average Bonchev–Trinajstić information content (AvgIpc) is 3.18.